The minimum atomic E-state index is 0.201. The van der Waals surface area contributed by atoms with Gasteiger partial charge in [-0.3, -0.25) is 5.01 Å². The fourth-order valence-electron chi connectivity index (χ4n) is 3.55. The van der Waals surface area contributed by atoms with Crippen LogP contribution in [0.1, 0.15) is 41.6 Å². The quantitative estimate of drug-likeness (QED) is 0.530. The van der Waals surface area contributed by atoms with E-state index in [2.05, 4.69) is 91.3 Å². The number of aryl methyl sites for hydroxylation is 1. The van der Waals surface area contributed by atoms with Crippen molar-refractivity contribution in [2.45, 2.75) is 25.8 Å². The third-order valence-corrected chi connectivity index (χ3v) is 5.18. The number of rotatable bonds is 5. The van der Waals surface area contributed by atoms with Crippen molar-refractivity contribution in [3.63, 3.8) is 0 Å². The zero-order valence-corrected chi connectivity index (χ0v) is 15.7. The standard InChI is InChI=1S/C25H24N2/c1-3-19-10-14-21(15-11-19)24-18-25(22-16-12-20(4-2)13-17-22)27(26-24)23-8-6-5-7-9-23/h4-17,25H,2-3,18H2,1H3. The van der Waals surface area contributed by atoms with Crippen LogP contribution in [-0.2, 0) is 6.42 Å². The highest BCUT2D eigenvalue weighted by atomic mass is 15.5. The normalized spacial score (nSPS) is 16.3. The number of benzene rings is 3. The van der Waals surface area contributed by atoms with Crippen LogP contribution in [-0.4, -0.2) is 5.71 Å². The fourth-order valence-corrected chi connectivity index (χ4v) is 3.55. The first kappa shape index (κ1) is 17.3. The average molecular weight is 352 g/mol. The van der Waals surface area contributed by atoms with Crippen molar-refractivity contribution in [2.24, 2.45) is 5.10 Å². The van der Waals surface area contributed by atoms with Gasteiger partial charge in [0.1, 0.15) is 0 Å². The zero-order valence-electron chi connectivity index (χ0n) is 15.7. The second-order valence-electron chi connectivity index (χ2n) is 6.87. The molecule has 3 aromatic carbocycles. The van der Waals surface area contributed by atoms with Crippen molar-refractivity contribution in [3.05, 3.63) is 108 Å². The number of para-hydroxylation sites is 1. The molecule has 0 N–H and O–H groups in total. The minimum Gasteiger partial charge on any atom is -0.257 e. The first-order chi connectivity index (χ1) is 13.3. The predicted molar refractivity (Wildman–Crippen MR) is 115 cm³/mol. The minimum absolute atomic E-state index is 0.201. The molecule has 0 bridgehead atoms. The molecule has 0 saturated heterocycles. The number of nitrogens with zero attached hydrogens (tertiary/aromatic N) is 2. The third kappa shape index (κ3) is 3.56. The van der Waals surface area contributed by atoms with Crippen LogP contribution in [0.15, 0.2) is 90.5 Å². The van der Waals surface area contributed by atoms with Crippen molar-refractivity contribution in [1.29, 1.82) is 0 Å². The second-order valence-corrected chi connectivity index (χ2v) is 6.87. The van der Waals surface area contributed by atoms with Crippen LogP contribution in [0.4, 0.5) is 5.69 Å². The molecule has 2 nitrogen and oxygen atoms in total. The molecule has 1 aliphatic heterocycles. The first-order valence-electron chi connectivity index (χ1n) is 9.52. The fraction of sp³-hybridized carbons (Fsp3) is 0.160. The Bertz CT molecular complexity index is 938. The van der Waals surface area contributed by atoms with Crippen LogP contribution in [0, 0.1) is 0 Å². The lowest BCUT2D eigenvalue weighted by atomic mass is 9.96. The predicted octanol–water partition coefficient (Wildman–Crippen LogP) is 6.25. The van der Waals surface area contributed by atoms with Gasteiger partial charge >= 0.3 is 0 Å². The summed E-state index contributed by atoms with van der Waals surface area (Å²) in [5, 5.41) is 7.17. The Hall–Kier alpha value is -3.13. The Balaban J connectivity index is 1.70. The van der Waals surface area contributed by atoms with Gasteiger partial charge in [0.05, 0.1) is 17.4 Å². The topological polar surface area (TPSA) is 15.6 Å². The van der Waals surface area contributed by atoms with Crippen LogP contribution in [0.25, 0.3) is 6.08 Å². The van der Waals surface area contributed by atoms with Crippen LogP contribution in [0.3, 0.4) is 0 Å². The lowest BCUT2D eigenvalue weighted by Crippen LogP contribution is -2.18. The summed E-state index contributed by atoms with van der Waals surface area (Å²) >= 11 is 0. The molecule has 0 radical (unpaired) electrons. The van der Waals surface area contributed by atoms with Gasteiger partial charge in [-0.25, -0.2) is 0 Å². The molecule has 0 spiro atoms. The Morgan fingerprint density at radius 3 is 2.30 bits per heavy atom. The number of anilines is 1. The molecule has 4 rings (SSSR count). The van der Waals surface area contributed by atoms with Crippen molar-refractivity contribution in [1.82, 2.24) is 0 Å². The maximum atomic E-state index is 5.01. The van der Waals surface area contributed by atoms with Crippen molar-refractivity contribution < 1.29 is 0 Å². The Morgan fingerprint density at radius 1 is 0.963 bits per heavy atom. The second kappa shape index (κ2) is 7.63. The number of hydrogen-bond acceptors (Lipinski definition) is 2. The molecule has 0 fully saturated rings. The summed E-state index contributed by atoms with van der Waals surface area (Å²) in [4.78, 5) is 0. The van der Waals surface area contributed by atoms with E-state index in [4.69, 9.17) is 5.10 Å². The molecule has 3 aromatic rings. The summed E-state index contributed by atoms with van der Waals surface area (Å²) in [7, 11) is 0. The highest BCUT2D eigenvalue weighted by Gasteiger charge is 2.29. The summed E-state index contributed by atoms with van der Waals surface area (Å²) in [6.07, 6.45) is 3.83. The molecule has 1 heterocycles. The van der Waals surface area contributed by atoms with Gasteiger partial charge in [-0.05, 0) is 40.8 Å². The van der Waals surface area contributed by atoms with E-state index in [0.717, 1.165) is 29.8 Å². The lowest BCUT2D eigenvalue weighted by Gasteiger charge is -2.24. The van der Waals surface area contributed by atoms with Gasteiger partial charge in [-0.2, -0.15) is 5.10 Å². The van der Waals surface area contributed by atoms with Crippen molar-refractivity contribution >= 4 is 17.5 Å². The molecular formula is C25H24N2. The Kier molecular flexibility index (Phi) is 4.88. The summed E-state index contributed by atoms with van der Waals surface area (Å²) in [5.74, 6) is 0. The summed E-state index contributed by atoms with van der Waals surface area (Å²) in [6.45, 7) is 6.04. The first-order valence-corrected chi connectivity index (χ1v) is 9.52. The highest BCUT2D eigenvalue weighted by molar-refractivity contribution is 6.03. The molecule has 2 heteroatoms. The molecular weight excluding hydrogens is 328 g/mol. The van der Waals surface area contributed by atoms with E-state index < -0.39 is 0 Å². The highest BCUT2D eigenvalue weighted by Crippen LogP contribution is 2.36. The lowest BCUT2D eigenvalue weighted by molar-refractivity contribution is 0.709. The molecule has 1 unspecified atom stereocenters. The van der Waals surface area contributed by atoms with Crippen LogP contribution in [0.5, 0.6) is 0 Å². The van der Waals surface area contributed by atoms with Crippen molar-refractivity contribution in [3.8, 4) is 0 Å². The number of hydrogen-bond donors (Lipinski definition) is 0. The maximum absolute atomic E-state index is 5.01. The van der Waals surface area contributed by atoms with Gasteiger partial charge in [0.2, 0.25) is 0 Å². The average Bonchev–Trinajstić information content (AvgIpc) is 3.20. The molecule has 0 aliphatic carbocycles. The van der Waals surface area contributed by atoms with Gasteiger partial charge in [-0.1, -0.05) is 86.3 Å². The van der Waals surface area contributed by atoms with Gasteiger partial charge < -0.3 is 0 Å². The summed E-state index contributed by atoms with van der Waals surface area (Å²) in [6, 6.07) is 28.1. The van der Waals surface area contributed by atoms with Gasteiger partial charge in [0, 0.05) is 6.42 Å². The summed E-state index contributed by atoms with van der Waals surface area (Å²) < 4.78 is 0. The smallest absolute Gasteiger partial charge is 0.0831 e. The Labute approximate surface area is 161 Å². The molecule has 0 aromatic heterocycles. The van der Waals surface area contributed by atoms with E-state index in [1.54, 1.807) is 0 Å². The van der Waals surface area contributed by atoms with E-state index in [0.29, 0.717) is 0 Å². The van der Waals surface area contributed by atoms with Crippen LogP contribution >= 0.6 is 0 Å². The van der Waals surface area contributed by atoms with Crippen molar-refractivity contribution in [2.75, 3.05) is 5.01 Å². The monoisotopic (exact) mass is 352 g/mol. The van der Waals surface area contributed by atoms with E-state index in [-0.39, 0.29) is 6.04 Å². The van der Waals surface area contributed by atoms with Gasteiger partial charge in [-0.15, -0.1) is 0 Å². The molecule has 0 saturated carbocycles. The molecule has 1 aliphatic rings. The van der Waals surface area contributed by atoms with E-state index in [9.17, 15) is 0 Å². The Morgan fingerprint density at radius 2 is 1.67 bits per heavy atom. The maximum Gasteiger partial charge on any atom is 0.0831 e. The van der Waals surface area contributed by atoms with Gasteiger partial charge in [0.25, 0.3) is 0 Å². The summed E-state index contributed by atoms with van der Waals surface area (Å²) in [5.41, 5.74) is 7.23. The third-order valence-electron chi connectivity index (χ3n) is 5.18. The molecule has 27 heavy (non-hydrogen) atoms. The molecule has 1 atom stereocenters. The molecule has 134 valence electrons. The van der Waals surface area contributed by atoms with E-state index in [1.165, 1.54) is 16.7 Å². The van der Waals surface area contributed by atoms with E-state index in [1.807, 2.05) is 12.1 Å². The van der Waals surface area contributed by atoms with E-state index >= 15 is 0 Å². The van der Waals surface area contributed by atoms with Crippen LogP contribution < -0.4 is 5.01 Å². The molecule has 0 amide bonds. The zero-order chi connectivity index (χ0) is 18.6. The van der Waals surface area contributed by atoms with Gasteiger partial charge in [0.15, 0.2) is 0 Å². The largest absolute Gasteiger partial charge is 0.257 e. The number of hydrazone groups is 1. The van der Waals surface area contributed by atoms with Crippen LogP contribution in [0.2, 0.25) is 0 Å². The SMILES string of the molecule is C=Cc1ccc(C2CC(c3ccc(CC)cc3)=NN2c2ccccc2)cc1.